The Hall–Kier alpha value is -6.26. The smallest absolute Gasteiger partial charge is 0.444 e. The van der Waals surface area contributed by atoms with Gasteiger partial charge in [-0.05, 0) is 158 Å². The van der Waals surface area contributed by atoms with Crippen LogP contribution in [0.5, 0.6) is 0 Å². The highest BCUT2D eigenvalue weighted by Gasteiger charge is 2.36. The third kappa shape index (κ3) is 14.6. The highest BCUT2D eigenvalue weighted by molar-refractivity contribution is 5.97. The zero-order valence-electron chi connectivity index (χ0n) is 39.3. The number of carbonyl (C=O) groups excluding carboxylic acids is 5. The molecule has 0 spiro atoms. The third-order valence-corrected chi connectivity index (χ3v) is 11.9. The molecular weight excluding hydrogens is 868 g/mol. The molecule has 0 bridgehead atoms. The summed E-state index contributed by atoms with van der Waals surface area (Å²) in [5, 5.41) is 14.4. The average molecular weight is 930 g/mol. The fourth-order valence-electron chi connectivity index (χ4n) is 8.40. The van der Waals surface area contributed by atoms with Gasteiger partial charge in [-0.25, -0.2) is 14.6 Å². The number of alkyl halides is 3. The summed E-state index contributed by atoms with van der Waals surface area (Å²) in [6.45, 7) is 14.3. The van der Waals surface area contributed by atoms with E-state index in [9.17, 15) is 37.1 Å². The average Bonchev–Trinajstić information content (AvgIpc) is 3.77. The van der Waals surface area contributed by atoms with Gasteiger partial charge in [0.1, 0.15) is 17.0 Å². The number of alkyl carbamates (subject to hydrolysis) is 1. The minimum absolute atomic E-state index is 0.0000577. The Kier molecular flexibility index (Phi) is 15.8. The predicted octanol–water partition coefficient (Wildman–Crippen LogP) is 9.68. The van der Waals surface area contributed by atoms with Crippen molar-refractivity contribution in [3.05, 3.63) is 89.2 Å². The first-order chi connectivity index (χ1) is 31.5. The van der Waals surface area contributed by atoms with Gasteiger partial charge in [-0.1, -0.05) is 30.3 Å². The van der Waals surface area contributed by atoms with Gasteiger partial charge in [0.15, 0.2) is 5.82 Å². The molecule has 4 N–H and O–H groups in total. The van der Waals surface area contributed by atoms with E-state index in [1.807, 2.05) is 69.2 Å². The van der Waals surface area contributed by atoms with Crippen LogP contribution in [0.1, 0.15) is 114 Å². The van der Waals surface area contributed by atoms with Crippen molar-refractivity contribution < 1.29 is 46.6 Å². The number of rotatable bonds is 13. The van der Waals surface area contributed by atoms with Crippen LogP contribution in [-0.2, 0) is 31.7 Å². The molecular formula is C50H62F3N7O7. The van der Waals surface area contributed by atoms with Crippen LogP contribution in [-0.4, -0.2) is 86.7 Å². The van der Waals surface area contributed by atoms with Crippen LogP contribution in [0.15, 0.2) is 66.7 Å². The van der Waals surface area contributed by atoms with Gasteiger partial charge in [0, 0.05) is 60.7 Å². The van der Waals surface area contributed by atoms with E-state index in [4.69, 9.17) is 9.47 Å². The van der Waals surface area contributed by atoms with Crippen LogP contribution in [0.25, 0.3) is 22.5 Å². The molecule has 360 valence electrons. The van der Waals surface area contributed by atoms with Crippen LogP contribution >= 0.6 is 0 Å². The number of aryl methyl sites for hydroxylation is 1. The van der Waals surface area contributed by atoms with Gasteiger partial charge in [-0.3, -0.25) is 19.5 Å². The number of carbonyl (C=O) groups is 5. The summed E-state index contributed by atoms with van der Waals surface area (Å²) in [6.07, 6.45) is -1.24. The van der Waals surface area contributed by atoms with Crippen molar-refractivity contribution in [2.24, 2.45) is 17.8 Å². The van der Waals surface area contributed by atoms with E-state index in [2.05, 4.69) is 26.0 Å². The van der Waals surface area contributed by atoms with Crippen LogP contribution < -0.4 is 16.0 Å². The number of likely N-dealkylation sites (tertiary alicyclic amines) is 1. The van der Waals surface area contributed by atoms with E-state index in [-0.39, 0.29) is 60.2 Å². The van der Waals surface area contributed by atoms with Crippen LogP contribution in [0.2, 0.25) is 0 Å². The summed E-state index contributed by atoms with van der Waals surface area (Å²) in [5.74, 6) is -2.71. The van der Waals surface area contributed by atoms with E-state index in [1.54, 1.807) is 43.9 Å². The van der Waals surface area contributed by atoms with E-state index < -0.39 is 35.2 Å². The Morgan fingerprint density at radius 3 is 2.01 bits per heavy atom. The number of Topliss-reactive ketones (excluding diaryl/α,β-unsaturated/α-hetero) is 1. The number of amides is 4. The van der Waals surface area contributed by atoms with E-state index in [0.717, 1.165) is 35.1 Å². The standard InChI is InChI=1S/C50H62F3N7O7/c1-30-26-36(43(62)56-39-22-24-60(25-23-39)47(65)67-49(5,6)7)18-21-40(30)33-12-8-31(9-13-33)27-37(28-41(61)34-14-10-32(11-15-34)29-54-46(64)66-48(2,3)4)44(63)55-38-19-16-35(17-20-38)42-57-45(59-58-42)50(51,52)53/h8-9,12-13,16-21,26,32,34,37,39H,10-11,14-15,22-25,27-29H2,1-7H3,(H,54,64)(H,55,63)(H,56,62)(H,57,58,59)/t32?,34?,37-/m1/s1. The van der Waals surface area contributed by atoms with Crippen LogP contribution in [0.3, 0.4) is 0 Å². The third-order valence-electron chi connectivity index (χ3n) is 11.9. The number of halogens is 3. The molecule has 14 nitrogen and oxygen atoms in total. The zero-order chi connectivity index (χ0) is 48.7. The van der Waals surface area contributed by atoms with Crippen LogP contribution in [0, 0.1) is 24.7 Å². The summed E-state index contributed by atoms with van der Waals surface area (Å²) in [5.41, 5.74) is 3.62. The summed E-state index contributed by atoms with van der Waals surface area (Å²) >= 11 is 0. The lowest BCUT2D eigenvalue weighted by atomic mass is 9.77. The number of hydrogen-bond donors (Lipinski definition) is 4. The number of piperidine rings is 1. The van der Waals surface area contributed by atoms with Gasteiger partial charge >= 0.3 is 18.4 Å². The maximum absolute atomic E-state index is 14.0. The van der Waals surface area contributed by atoms with E-state index in [0.29, 0.717) is 62.1 Å². The number of anilines is 1. The molecule has 4 amide bonds. The first kappa shape index (κ1) is 50.2. The lowest BCUT2D eigenvalue weighted by Crippen LogP contribution is -2.47. The highest BCUT2D eigenvalue weighted by atomic mass is 19.4. The normalized spacial score (nSPS) is 17.6. The fourth-order valence-corrected chi connectivity index (χ4v) is 8.40. The second-order valence-electron chi connectivity index (χ2n) is 19.7. The van der Waals surface area contributed by atoms with Crippen molar-refractivity contribution in [3.8, 4) is 22.5 Å². The summed E-state index contributed by atoms with van der Waals surface area (Å²) in [6, 6.07) is 19.3. The lowest BCUT2D eigenvalue weighted by Gasteiger charge is -2.33. The number of hydrogen-bond acceptors (Lipinski definition) is 9. The molecule has 17 heteroatoms. The Bertz CT molecular complexity index is 2370. The van der Waals surface area contributed by atoms with Gasteiger partial charge in [-0.15, -0.1) is 0 Å². The minimum atomic E-state index is -4.68. The van der Waals surface area contributed by atoms with E-state index in [1.165, 1.54) is 12.1 Å². The molecule has 1 atom stereocenters. The van der Waals surface area contributed by atoms with Gasteiger partial charge in [-0.2, -0.15) is 18.3 Å². The largest absolute Gasteiger partial charge is 0.451 e. The van der Waals surface area contributed by atoms with Crippen molar-refractivity contribution in [3.63, 3.8) is 0 Å². The molecule has 1 saturated carbocycles. The number of H-pyrrole nitrogens is 1. The Morgan fingerprint density at radius 2 is 1.43 bits per heavy atom. The number of aromatic nitrogens is 3. The number of ketones is 1. The molecule has 1 aliphatic heterocycles. The topological polar surface area (TPSA) is 185 Å². The molecule has 3 aromatic carbocycles. The van der Waals surface area contributed by atoms with Crippen molar-refractivity contribution in [1.82, 2.24) is 30.7 Å². The van der Waals surface area contributed by atoms with Gasteiger partial charge in [0.25, 0.3) is 5.91 Å². The first-order valence-corrected chi connectivity index (χ1v) is 22.9. The summed E-state index contributed by atoms with van der Waals surface area (Å²) in [7, 11) is 0. The quantitative estimate of drug-likeness (QED) is 0.101. The molecule has 0 radical (unpaired) electrons. The first-order valence-electron chi connectivity index (χ1n) is 22.9. The maximum atomic E-state index is 14.0. The van der Waals surface area contributed by atoms with Gasteiger partial charge < -0.3 is 30.3 Å². The molecule has 2 aliphatic rings. The molecule has 4 aromatic rings. The molecule has 67 heavy (non-hydrogen) atoms. The summed E-state index contributed by atoms with van der Waals surface area (Å²) < 4.78 is 50.2. The zero-order valence-corrected chi connectivity index (χ0v) is 39.3. The van der Waals surface area contributed by atoms with Crippen molar-refractivity contribution >= 4 is 35.5 Å². The predicted molar refractivity (Wildman–Crippen MR) is 247 cm³/mol. The number of nitrogens with one attached hydrogen (secondary N) is 4. The number of nitrogens with zero attached hydrogens (tertiary/aromatic N) is 3. The van der Waals surface area contributed by atoms with Gasteiger partial charge in [0.05, 0.1) is 0 Å². The number of benzene rings is 3. The van der Waals surface area contributed by atoms with Crippen LogP contribution in [0.4, 0.5) is 28.4 Å². The van der Waals surface area contributed by atoms with Crippen molar-refractivity contribution in [2.45, 2.75) is 123 Å². The van der Waals surface area contributed by atoms with Gasteiger partial charge in [0.2, 0.25) is 11.7 Å². The minimum Gasteiger partial charge on any atom is -0.444 e. The molecule has 1 aliphatic carbocycles. The molecule has 6 rings (SSSR count). The van der Waals surface area contributed by atoms with Crippen molar-refractivity contribution in [1.29, 1.82) is 0 Å². The highest BCUT2D eigenvalue weighted by Crippen LogP contribution is 2.33. The molecule has 2 fully saturated rings. The SMILES string of the molecule is Cc1cc(C(=O)NC2CCN(C(=O)OC(C)(C)C)CC2)ccc1-c1ccc(C[C@H](CC(=O)C2CCC(CNC(=O)OC(C)(C)C)CC2)C(=O)Nc2ccc(-c3n[nH]c(C(F)(F)F)n3)cc2)cc1. The van der Waals surface area contributed by atoms with E-state index >= 15 is 0 Å². The number of aromatic amines is 1. The maximum Gasteiger partial charge on any atom is 0.451 e. The number of ether oxygens (including phenoxy) is 2. The molecule has 1 aromatic heterocycles. The molecule has 2 heterocycles. The monoisotopic (exact) mass is 929 g/mol. The molecule has 0 unspecified atom stereocenters. The second-order valence-corrected chi connectivity index (χ2v) is 19.7. The summed E-state index contributed by atoms with van der Waals surface area (Å²) in [4.78, 5) is 71.1. The lowest BCUT2D eigenvalue weighted by molar-refractivity contribution is -0.144. The van der Waals surface area contributed by atoms with Crippen molar-refractivity contribution in [2.75, 3.05) is 25.0 Å². The Labute approximate surface area is 389 Å². The Morgan fingerprint density at radius 1 is 0.806 bits per heavy atom. The second kappa shape index (κ2) is 21.1. The molecule has 1 saturated heterocycles. The fraction of sp³-hybridized carbons (Fsp3) is 0.500. The Balaban J connectivity index is 1.09.